The number of hydrogen-bond donors (Lipinski definition) is 4. The van der Waals surface area contributed by atoms with E-state index in [9.17, 15) is 36.2 Å². The highest BCUT2D eigenvalue weighted by Crippen LogP contribution is 2.38. The van der Waals surface area contributed by atoms with Crippen LogP contribution in [0.4, 0.5) is 22.7 Å². The number of phenolic OH excluding ortho intramolecular Hbond substituents is 2. The van der Waals surface area contributed by atoms with Gasteiger partial charge in [0.25, 0.3) is 20.2 Å². The Kier molecular flexibility index (Phi) is 9.59. The predicted octanol–water partition coefficient (Wildman–Crippen LogP) is 6.89. The molecule has 44 heavy (non-hydrogen) atoms. The highest BCUT2D eigenvalue weighted by Gasteiger charge is 2.24. The molecule has 16 heteroatoms. The highest BCUT2D eigenvalue weighted by molar-refractivity contribution is 7.86. The zero-order valence-electron chi connectivity index (χ0n) is 23.2. The van der Waals surface area contributed by atoms with Gasteiger partial charge in [-0.05, 0) is 62.4 Å². The second kappa shape index (κ2) is 13.2. The van der Waals surface area contributed by atoms with Gasteiger partial charge >= 0.3 is 0 Å². The van der Waals surface area contributed by atoms with Gasteiger partial charge in [-0.25, -0.2) is 0 Å². The van der Waals surface area contributed by atoms with Crippen LogP contribution in [0, 0.1) is 0 Å². The fraction of sp³-hybridized carbons (Fsp3) is 0.143. The second-order valence-electron chi connectivity index (χ2n) is 8.88. The zero-order valence-corrected chi connectivity index (χ0v) is 24.8. The van der Waals surface area contributed by atoms with Crippen molar-refractivity contribution in [3.63, 3.8) is 0 Å². The molecule has 0 spiro atoms. The van der Waals surface area contributed by atoms with E-state index in [4.69, 9.17) is 9.47 Å². The van der Waals surface area contributed by atoms with E-state index in [1.54, 1.807) is 13.8 Å². The SMILES string of the molecule is CCOc1cc(N=Nc2ccc(-c3ccc(N=Nc4ccc(O)c(OCC)c4)cc3S(=O)(=O)O)c(S(=O)(=O)O)c2)ccc1O. The molecule has 0 unspecified atom stereocenters. The van der Waals surface area contributed by atoms with Gasteiger partial charge in [0, 0.05) is 23.3 Å². The fourth-order valence-corrected chi connectivity index (χ4v) is 5.37. The summed E-state index contributed by atoms with van der Waals surface area (Å²) in [5, 5.41) is 35.6. The Morgan fingerprint density at radius 1 is 0.545 bits per heavy atom. The van der Waals surface area contributed by atoms with Gasteiger partial charge in [0.2, 0.25) is 0 Å². The number of ether oxygens (including phenoxy) is 2. The topological polar surface area (TPSA) is 217 Å². The number of nitrogens with zero attached hydrogens (tertiary/aromatic N) is 4. The van der Waals surface area contributed by atoms with E-state index in [-0.39, 0.29) is 70.1 Å². The largest absolute Gasteiger partial charge is 0.504 e. The van der Waals surface area contributed by atoms with Crippen LogP contribution < -0.4 is 9.47 Å². The van der Waals surface area contributed by atoms with Crippen molar-refractivity contribution >= 4 is 43.0 Å². The van der Waals surface area contributed by atoms with Gasteiger partial charge in [-0.2, -0.15) is 37.3 Å². The maximum Gasteiger partial charge on any atom is 0.295 e. The summed E-state index contributed by atoms with van der Waals surface area (Å²) in [5.41, 5.74) is -0.0262. The van der Waals surface area contributed by atoms with E-state index in [2.05, 4.69) is 20.5 Å². The lowest BCUT2D eigenvalue weighted by molar-refractivity contribution is 0.318. The molecule has 0 saturated heterocycles. The van der Waals surface area contributed by atoms with E-state index in [0.29, 0.717) is 0 Å². The maximum atomic E-state index is 12.4. The van der Waals surface area contributed by atoms with Crippen molar-refractivity contribution in [3.8, 4) is 34.1 Å². The fourth-order valence-electron chi connectivity index (χ4n) is 3.92. The molecular weight excluding hydrogens is 616 g/mol. The van der Waals surface area contributed by atoms with E-state index in [1.807, 2.05) is 0 Å². The summed E-state index contributed by atoms with van der Waals surface area (Å²) in [6, 6.07) is 15.4. The molecular formula is C28H26N4O10S2. The van der Waals surface area contributed by atoms with Crippen LogP contribution in [-0.2, 0) is 20.2 Å². The van der Waals surface area contributed by atoms with E-state index < -0.39 is 30.0 Å². The first-order valence-corrected chi connectivity index (χ1v) is 15.7. The summed E-state index contributed by atoms with van der Waals surface area (Å²) in [6.45, 7) is 4.04. The zero-order chi connectivity index (χ0) is 32.1. The standard InChI is InChI=1S/C28H26N4O10S2/c1-3-41-25-13-17(7-11-23(25)33)29-31-19-5-9-21(27(15-19)43(35,36)37)22-10-6-20(16-28(22)44(38,39)40)32-30-18-8-12-24(34)26(14-18)42-4-2/h5-16,33-34H,3-4H2,1-2H3,(H,35,36,37)(H,38,39,40). The molecule has 0 aliphatic rings. The first-order valence-electron chi connectivity index (χ1n) is 12.8. The first kappa shape index (κ1) is 32.0. The number of aromatic hydroxyl groups is 2. The molecule has 0 aromatic heterocycles. The van der Waals surface area contributed by atoms with Crippen LogP contribution >= 0.6 is 0 Å². The molecule has 0 heterocycles. The van der Waals surface area contributed by atoms with Crippen molar-refractivity contribution < 1.29 is 45.6 Å². The van der Waals surface area contributed by atoms with E-state index >= 15 is 0 Å². The normalized spacial score (nSPS) is 12.2. The number of benzene rings is 4. The minimum atomic E-state index is -4.94. The Hall–Kier alpha value is -4.90. The molecule has 0 fully saturated rings. The number of hydrogen-bond acceptors (Lipinski definition) is 12. The van der Waals surface area contributed by atoms with Crippen LogP contribution in [-0.4, -0.2) is 49.4 Å². The quantitative estimate of drug-likeness (QED) is 0.0981. The molecule has 0 saturated carbocycles. The molecule has 4 aromatic rings. The van der Waals surface area contributed by atoms with Crippen LogP contribution in [0.2, 0.25) is 0 Å². The number of azo groups is 2. The first-order chi connectivity index (χ1) is 20.8. The van der Waals surface area contributed by atoms with Gasteiger partial charge < -0.3 is 19.7 Å². The van der Waals surface area contributed by atoms with Gasteiger partial charge in [-0.1, -0.05) is 12.1 Å². The van der Waals surface area contributed by atoms with Gasteiger partial charge in [0.05, 0.1) is 36.0 Å². The van der Waals surface area contributed by atoms with Crippen LogP contribution in [0.25, 0.3) is 11.1 Å². The summed E-state index contributed by atoms with van der Waals surface area (Å²) in [7, 11) is -9.89. The lowest BCUT2D eigenvalue weighted by Crippen LogP contribution is -2.05. The van der Waals surface area contributed by atoms with Crippen LogP contribution in [0.1, 0.15) is 13.8 Å². The predicted molar refractivity (Wildman–Crippen MR) is 158 cm³/mol. The smallest absolute Gasteiger partial charge is 0.295 e. The Balaban J connectivity index is 1.74. The molecule has 0 atom stereocenters. The third kappa shape index (κ3) is 7.73. The average Bonchev–Trinajstić information content (AvgIpc) is 2.97. The minimum Gasteiger partial charge on any atom is -0.504 e. The summed E-state index contributed by atoms with van der Waals surface area (Å²) < 4.78 is 80.0. The molecule has 14 nitrogen and oxygen atoms in total. The van der Waals surface area contributed by atoms with Crippen LogP contribution in [0.5, 0.6) is 23.0 Å². The Morgan fingerprint density at radius 3 is 1.18 bits per heavy atom. The number of phenols is 2. The molecule has 0 aliphatic heterocycles. The summed E-state index contributed by atoms with van der Waals surface area (Å²) in [6.07, 6.45) is 0. The molecule has 0 radical (unpaired) electrons. The van der Waals surface area contributed by atoms with Crippen molar-refractivity contribution in [1.29, 1.82) is 0 Å². The third-order valence-electron chi connectivity index (χ3n) is 5.82. The lowest BCUT2D eigenvalue weighted by atomic mass is 10.0. The van der Waals surface area contributed by atoms with Gasteiger partial charge in [0.15, 0.2) is 23.0 Å². The van der Waals surface area contributed by atoms with Gasteiger partial charge in [0.1, 0.15) is 9.79 Å². The van der Waals surface area contributed by atoms with Gasteiger partial charge in [-0.3, -0.25) is 9.11 Å². The monoisotopic (exact) mass is 642 g/mol. The third-order valence-corrected chi connectivity index (χ3v) is 7.61. The van der Waals surface area contributed by atoms with Crippen molar-refractivity contribution in [2.24, 2.45) is 20.5 Å². The van der Waals surface area contributed by atoms with Crippen molar-refractivity contribution in [2.45, 2.75) is 23.6 Å². The van der Waals surface area contributed by atoms with Crippen molar-refractivity contribution in [3.05, 3.63) is 72.8 Å². The Bertz CT molecular complexity index is 1840. The Labute approximate surface area is 252 Å². The molecule has 4 rings (SSSR count). The molecule has 230 valence electrons. The van der Waals surface area contributed by atoms with Gasteiger partial charge in [-0.15, -0.1) is 0 Å². The van der Waals surface area contributed by atoms with Crippen LogP contribution in [0.15, 0.2) is 103 Å². The number of rotatable bonds is 11. The minimum absolute atomic E-state index is 0.0217. The molecule has 0 amide bonds. The van der Waals surface area contributed by atoms with Crippen LogP contribution in [0.3, 0.4) is 0 Å². The van der Waals surface area contributed by atoms with E-state index in [1.165, 1.54) is 60.7 Å². The lowest BCUT2D eigenvalue weighted by Gasteiger charge is -2.12. The molecule has 0 aliphatic carbocycles. The summed E-state index contributed by atoms with van der Waals surface area (Å²) in [4.78, 5) is -1.41. The second-order valence-corrected chi connectivity index (χ2v) is 11.7. The van der Waals surface area contributed by atoms with Crippen molar-refractivity contribution in [2.75, 3.05) is 13.2 Å². The maximum absolute atomic E-state index is 12.4. The van der Waals surface area contributed by atoms with E-state index in [0.717, 1.165) is 12.1 Å². The molecule has 4 aromatic carbocycles. The summed E-state index contributed by atoms with van der Waals surface area (Å²) in [5.74, 6) is 0.109. The average molecular weight is 643 g/mol. The summed E-state index contributed by atoms with van der Waals surface area (Å²) >= 11 is 0. The Morgan fingerprint density at radius 2 is 0.864 bits per heavy atom. The molecule has 4 N–H and O–H groups in total. The highest BCUT2D eigenvalue weighted by atomic mass is 32.2. The van der Waals surface area contributed by atoms with Crippen molar-refractivity contribution in [1.82, 2.24) is 0 Å². The molecule has 0 bridgehead atoms.